The van der Waals surface area contributed by atoms with Crippen LogP contribution in [0.25, 0.3) is 0 Å². The third-order valence-corrected chi connectivity index (χ3v) is 4.55. The minimum atomic E-state index is 0.452. The lowest BCUT2D eigenvalue weighted by Gasteiger charge is -2.36. The highest BCUT2D eigenvalue weighted by molar-refractivity contribution is 4.90. The van der Waals surface area contributed by atoms with Crippen LogP contribution in [-0.2, 0) is 4.74 Å². The molecular weight excluding hydrogens is 212 g/mol. The van der Waals surface area contributed by atoms with Crippen LogP contribution in [0, 0.1) is 0 Å². The number of rotatable bonds is 3. The monoisotopic (exact) mass is 238 g/mol. The molecule has 2 aliphatic heterocycles. The molecule has 98 valence electrons. The molecule has 2 unspecified atom stereocenters. The summed E-state index contributed by atoms with van der Waals surface area (Å²) in [5, 5.41) is 3.86. The van der Waals surface area contributed by atoms with Gasteiger partial charge in [0.2, 0.25) is 0 Å². The predicted molar refractivity (Wildman–Crippen MR) is 69.2 cm³/mol. The van der Waals surface area contributed by atoms with Gasteiger partial charge in [-0.2, -0.15) is 0 Å². The normalized spacial score (nSPS) is 37.2. The number of hydrogen-bond acceptors (Lipinski definition) is 3. The molecule has 2 saturated heterocycles. The molecule has 3 rings (SSSR count). The average molecular weight is 238 g/mol. The molecule has 0 spiro atoms. The molecular formula is C14H26N2O. The van der Waals surface area contributed by atoms with Crippen molar-refractivity contribution in [2.75, 3.05) is 19.7 Å². The van der Waals surface area contributed by atoms with Crippen molar-refractivity contribution in [3.8, 4) is 0 Å². The van der Waals surface area contributed by atoms with Crippen LogP contribution in [0.3, 0.4) is 0 Å². The Kier molecular flexibility index (Phi) is 3.69. The quantitative estimate of drug-likeness (QED) is 0.811. The summed E-state index contributed by atoms with van der Waals surface area (Å²) in [6.45, 7) is 5.78. The third kappa shape index (κ3) is 3.21. The van der Waals surface area contributed by atoms with Crippen molar-refractivity contribution < 1.29 is 4.74 Å². The molecule has 1 saturated carbocycles. The van der Waals surface area contributed by atoms with Crippen LogP contribution in [0.2, 0.25) is 0 Å². The van der Waals surface area contributed by atoms with Crippen molar-refractivity contribution in [3.63, 3.8) is 0 Å². The molecule has 0 radical (unpaired) electrons. The molecule has 3 aliphatic rings. The maximum Gasteiger partial charge on any atom is 0.0561 e. The van der Waals surface area contributed by atoms with Crippen LogP contribution >= 0.6 is 0 Å². The third-order valence-electron chi connectivity index (χ3n) is 4.55. The fraction of sp³-hybridized carbons (Fsp3) is 1.00. The lowest BCUT2D eigenvalue weighted by molar-refractivity contribution is 0.00935. The van der Waals surface area contributed by atoms with Crippen LogP contribution in [0.15, 0.2) is 0 Å². The van der Waals surface area contributed by atoms with E-state index in [0.717, 1.165) is 18.7 Å². The van der Waals surface area contributed by atoms with Gasteiger partial charge in [-0.25, -0.2) is 0 Å². The van der Waals surface area contributed by atoms with E-state index in [1.807, 2.05) is 0 Å². The van der Waals surface area contributed by atoms with E-state index in [-0.39, 0.29) is 0 Å². The Balaban J connectivity index is 1.40. The fourth-order valence-corrected chi connectivity index (χ4v) is 3.35. The Morgan fingerprint density at radius 2 is 1.76 bits per heavy atom. The standard InChI is InChI=1S/C14H26N2O/c1-11-10-13(6-9-17-11)15-12-4-7-16(8-5-12)14-2-3-14/h11-15H,2-10H2,1H3. The van der Waals surface area contributed by atoms with Gasteiger partial charge in [0.15, 0.2) is 0 Å². The van der Waals surface area contributed by atoms with Crippen LogP contribution in [0.1, 0.15) is 45.4 Å². The van der Waals surface area contributed by atoms with E-state index in [9.17, 15) is 0 Å². The van der Waals surface area contributed by atoms with Crippen LogP contribution < -0.4 is 5.32 Å². The topological polar surface area (TPSA) is 24.5 Å². The van der Waals surface area contributed by atoms with Gasteiger partial charge in [0, 0.05) is 24.7 Å². The Morgan fingerprint density at radius 3 is 2.41 bits per heavy atom. The Labute approximate surface area is 105 Å². The first-order valence-corrected chi connectivity index (χ1v) is 7.43. The Morgan fingerprint density at radius 1 is 1.00 bits per heavy atom. The van der Waals surface area contributed by atoms with E-state index in [4.69, 9.17) is 4.74 Å². The Hall–Kier alpha value is -0.120. The van der Waals surface area contributed by atoms with E-state index in [1.165, 1.54) is 51.6 Å². The molecule has 0 aromatic heterocycles. The van der Waals surface area contributed by atoms with Crippen molar-refractivity contribution >= 4 is 0 Å². The minimum Gasteiger partial charge on any atom is -0.378 e. The van der Waals surface area contributed by atoms with Crippen molar-refractivity contribution in [1.29, 1.82) is 0 Å². The number of ether oxygens (including phenoxy) is 1. The molecule has 0 aromatic rings. The zero-order valence-electron chi connectivity index (χ0n) is 11.0. The predicted octanol–water partition coefficient (Wildman–Crippen LogP) is 1.77. The molecule has 2 heterocycles. The summed E-state index contributed by atoms with van der Waals surface area (Å²) >= 11 is 0. The molecule has 3 nitrogen and oxygen atoms in total. The van der Waals surface area contributed by atoms with Gasteiger partial charge in [0.25, 0.3) is 0 Å². The highest BCUT2D eigenvalue weighted by Gasteiger charge is 2.32. The first-order valence-electron chi connectivity index (χ1n) is 7.43. The minimum absolute atomic E-state index is 0.452. The summed E-state index contributed by atoms with van der Waals surface area (Å²) in [5.74, 6) is 0. The molecule has 1 N–H and O–H groups in total. The zero-order chi connectivity index (χ0) is 11.7. The van der Waals surface area contributed by atoms with Crippen LogP contribution in [-0.4, -0.2) is 48.8 Å². The van der Waals surface area contributed by atoms with E-state index >= 15 is 0 Å². The van der Waals surface area contributed by atoms with Gasteiger partial charge in [0.1, 0.15) is 0 Å². The van der Waals surface area contributed by atoms with Gasteiger partial charge in [-0.05, 0) is 58.5 Å². The van der Waals surface area contributed by atoms with E-state index < -0.39 is 0 Å². The molecule has 0 bridgehead atoms. The molecule has 3 heteroatoms. The van der Waals surface area contributed by atoms with Crippen LogP contribution in [0.5, 0.6) is 0 Å². The summed E-state index contributed by atoms with van der Waals surface area (Å²) in [4.78, 5) is 2.70. The Bertz CT molecular complexity index is 247. The maximum atomic E-state index is 5.61. The SMILES string of the molecule is CC1CC(NC2CCN(C3CC3)CC2)CCO1. The highest BCUT2D eigenvalue weighted by atomic mass is 16.5. The number of nitrogens with one attached hydrogen (secondary N) is 1. The number of piperidine rings is 1. The average Bonchev–Trinajstić information content (AvgIpc) is 3.14. The number of hydrogen-bond donors (Lipinski definition) is 1. The molecule has 1 aliphatic carbocycles. The zero-order valence-corrected chi connectivity index (χ0v) is 11.0. The molecule has 2 atom stereocenters. The van der Waals surface area contributed by atoms with Gasteiger partial charge in [-0.15, -0.1) is 0 Å². The second-order valence-corrected chi connectivity index (χ2v) is 6.11. The summed E-state index contributed by atoms with van der Waals surface area (Å²) in [5.41, 5.74) is 0. The van der Waals surface area contributed by atoms with E-state index in [0.29, 0.717) is 12.1 Å². The van der Waals surface area contributed by atoms with Crippen LogP contribution in [0.4, 0.5) is 0 Å². The first kappa shape index (κ1) is 11.9. The second kappa shape index (κ2) is 5.25. The summed E-state index contributed by atoms with van der Waals surface area (Å²) in [7, 11) is 0. The number of nitrogens with zero attached hydrogens (tertiary/aromatic N) is 1. The first-order chi connectivity index (χ1) is 8.31. The highest BCUT2D eigenvalue weighted by Crippen LogP contribution is 2.29. The lowest BCUT2D eigenvalue weighted by atomic mass is 9.99. The second-order valence-electron chi connectivity index (χ2n) is 6.11. The maximum absolute atomic E-state index is 5.61. The van der Waals surface area contributed by atoms with Gasteiger partial charge in [-0.1, -0.05) is 0 Å². The van der Waals surface area contributed by atoms with Gasteiger partial charge < -0.3 is 15.0 Å². The van der Waals surface area contributed by atoms with E-state index in [1.54, 1.807) is 0 Å². The molecule has 3 fully saturated rings. The summed E-state index contributed by atoms with van der Waals surface area (Å²) in [6.07, 6.45) is 8.46. The van der Waals surface area contributed by atoms with Crippen molar-refractivity contribution in [3.05, 3.63) is 0 Å². The molecule has 17 heavy (non-hydrogen) atoms. The number of likely N-dealkylation sites (tertiary alicyclic amines) is 1. The largest absolute Gasteiger partial charge is 0.378 e. The smallest absolute Gasteiger partial charge is 0.0561 e. The summed E-state index contributed by atoms with van der Waals surface area (Å²) in [6, 6.07) is 2.43. The van der Waals surface area contributed by atoms with Gasteiger partial charge in [0.05, 0.1) is 6.10 Å². The fourth-order valence-electron chi connectivity index (χ4n) is 3.35. The van der Waals surface area contributed by atoms with Crippen molar-refractivity contribution in [2.45, 2.75) is 69.7 Å². The van der Waals surface area contributed by atoms with Gasteiger partial charge >= 0.3 is 0 Å². The van der Waals surface area contributed by atoms with Crippen molar-refractivity contribution in [1.82, 2.24) is 10.2 Å². The van der Waals surface area contributed by atoms with Gasteiger partial charge in [-0.3, -0.25) is 0 Å². The lowest BCUT2D eigenvalue weighted by Crippen LogP contribution is -2.48. The molecule has 0 amide bonds. The van der Waals surface area contributed by atoms with E-state index in [2.05, 4.69) is 17.1 Å². The van der Waals surface area contributed by atoms with Crippen molar-refractivity contribution in [2.24, 2.45) is 0 Å². The summed E-state index contributed by atoms with van der Waals surface area (Å²) < 4.78 is 5.61. The molecule has 0 aromatic carbocycles.